The lowest BCUT2D eigenvalue weighted by Crippen LogP contribution is -2.40. The number of nitrogens with one attached hydrogen (secondary N) is 1. The number of carbonyl (C=O) groups excluding carboxylic acids is 1. The molecule has 1 rings (SSSR count). The van der Waals surface area contributed by atoms with Crippen molar-refractivity contribution in [2.75, 3.05) is 38.0 Å². The molecule has 0 atom stereocenters. The van der Waals surface area contributed by atoms with Crippen LogP contribution in [0.2, 0.25) is 5.02 Å². The second-order valence-corrected chi connectivity index (χ2v) is 4.98. The molecule has 0 saturated heterocycles. The summed E-state index contributed by atoms with van der Waals surface area (Å²) in [6, 6.07) is 7.07. The number of likely N-dealkylation sites (N-methyl/N-ethyl adjacent to an activating group) is 2. The Kier molecular flexibility index (Phi) is 7.41. The molecule has 0 fully saturated rings. The number of nitrogens with zero attached hydrogens (tertiary/aromatic N) is 2. The molecule has 0 spiro atoms. The SMILES string of the molecule is CCN(CC)CCN(CC)C(=O)Nc1ccc(Cl)cc1. The van der Waals surface area contributed by atoms with Crippen LogP contribution < -0.4 is 5.32 Å². The van der Waals surface area contributed by atoms with Gasteiger partial charge in [0.2, 0.25) is 0 Å². The predicted octanol–water partition coefficient (Wildman–Crippen LogP) is 3.54. The summed E-state index contributed by atoms with van der Waals surface area (Å²) in [5.74, 6) is 0. The van der Waals surface area contributed by atoms with Crippen molar-refractivity contribution in [3.8, 4) is 0 Å². The third kappa shape index (κ3) is 5.39. The minimum atomic E-state index is -0.0676. The maximum atomic E-state index is 12.2. The molecule has 1 aromatic carbocycles. The van der Waals surface area contributed by atoms with Crippen molar-refractivity contribution >= 4 is 23.3 Å². The van der Waals surface area contributed by atoms with Gasteiger partial charge in [-0.3, -0.25) is 0 Å². The Labute approximate surface area is 126 Å². The topological polar surface area (TPSA) is 35.6 Å². The molecule has 0 aliphatic rings. The van der Waals surface area contributed by atoms with Gasteiger partial charge in [0.25, 0.3) is 0 Å². The van der Waals surface area contributed by atoms with Crippen LogP contribution in [-0.2, 0) is 0 Å². The average molecular weight is 298 g/mol. The fourth-order valence-corrected chi connectivity index (χ4v) is 2.07. The number of urea groups is 1. The molecule has 0 bridgehead atoms. The first-order valence-corrected chi connectivity index (χ1v) is 7.52. The molecule has 0 unspecified atom stereocenters. The van der Waals surface area contributed by atoms with E-state index in [1.54, 1.807) is 24.3 Å². The second-order valence-electron chi connectivity index (χ2n) is 4.54. The predicted molar refractivity (Wildman–Crippen MR) is 85.5 cm³/mol. The maximum Gasteiger partial charge on any atom is 0.321 e. The number of amides is 2. The summed E-state index contributed by atoms with van der Waals surface area (Å²) in [4.78, 5) is 16.3. The van der Waals surface area contributed by atoms with Crippen molar-refractivity contribution in [3.63, 3.8) is 0 Å². The van der Waals surface area contributed by atoms with Crippen LogP contribution >= 0.6 is 11.6 Å². The van der Waals surface area contributed by atoms with Crippen molar-refractivity contribution in [3.05, 3.63) is 29.3 Å². The monoisotopic (exact) mass is 297 g/mol. The summed E-state index contributed by atoms with van der Waals surface area (Å²) < 4.78 is 0. The highest BCUT2D eigenvalue weighted by atomic mass is 35.5. The molecular weight excluding hydrogens is 274 g/mol. The number of hydrogen-bond acceptors (Lipinski definition) is 2. The van der Waals surface area contributed by atoms with E-state index in [0.717, 1.165) is 31.9 Å². The number of anilines is 1. The largest absolute Gasteiger partial charge is 0.324 e. The Hall–Kier alpha value is -1.26. The van der Waals surface area contributed by atoms with Gasteiger partial charge in [0.05, 0.1) is 0 Å². The molecule has 20 heavy (non-hydrogen) atoms. The molecule has 0 radical (unpaired) electrons. The van der Waals surface area contributed by atoms with E-state index in [2.05, 4.69) is 24.1 Å². The quantitative estimate of drug-likeness (QED) is 0.835. The molecule has 2 amide bonds. The van der Waals surface area contributed by atoms with E-state index in [-0.39, 0.29) is 6.03 Å². The minimum absolute atomic E-state index is 0.0676. The Morgan fingerprint density at radius 1 is 1.05 bits per heavy atom. The molecule has 112 valence electrons. The van der Waals surface area contributed by atoms with Crippen LogP contribution in [0.4, 0.5) is 10.5 Å². The van der Waals surface area contributed by atoms with Gasteiger partial charge in [-0.2, -0.15) is 0 Å². The van der Waals surface area contributed by atoms with Crippen molar-refractivity contribution < 1.29 is 4.79 Å². The number of benzene rings is 1. The molecule has 5 heteroatoms. The van der Waals surface area contributed by atoms with E-state index in [1.807, 2.05) is 11.8 Å². The molecule has 1 aromatic rings. The van der Waals surface area contributed by atoms with Crippen LogP contribution in [0.5, 0.6) is 0 Å². The summed E-state index contributed by atoms with van der Waals surface area (Å²) >= 11 is 5.83. The fraction of sp³-hybridized carbons (Fsp3) is 0.533. The van der Waals surface area contributed by atoms with Crippen LogP contribution in [0.1, 0.15) is 20.8 Å². The zero-order valence-corrected chi connectivity index (χ0v) is 13.3. The Bertz CT molecular complexity index is 404. The van der Waals surface area contributed by atoms with Crippen LogP contribution in [0.15, 0.2) is 24.3 Å². The Balaban J connectivity index is 2.52. The van der Waals surface area contributed by atoms with Crippen LogP contribution in [0.25, 0.3) is 0 Å². The van der Waals surface area contributed by atoms with E-state index in [0.29, 0.717) is 11.6 Å². The lowest BCUT2D eigenvalue weighted by atomic mass is 10.3. The van der Waals surface area contributed by atoms with E-state index in [1.165, 1.54) is 0 Å². The second kappa shape index (κ2) is 8.82. The van der Waals surface area contributed by atoms with Crippen LogP contribution in [0, 0.1) is 0 Å². The van der Waals surface area contributed by atoms with E-state index >= 15 is 0 Å². The summed E-state index contributed by atoms with van der Waals surface area (Å²) in [6.07, 6.45) is 0. The van der Waals surface area contributed by atoms with Crippen molar-refractivity contribution in [1.82, 2.24) is 9.80 Å². The molecule has 0 aliphatic carbocycles. The smallest absolute Gasteiger partial charge is 0.321 e. The number of hydrogen-bond donors (Lipinski definition) is 1. The summed E-state index contributed by atoms with van der Waals surface area (Å²) in [7, 11) is 0. The van der Waals surface area contributed by atoms with Crippen LogP contribution in [-0.4, -0.2) is 48.6 Å². The van der Waals surface area contributed by atoms with E-state index < -0.39 is 0 Å². The number of halogens is 1. The van der Waals surface area contributed by atoms with Crippen LogP contribution in [0.3, 0.4) is 0 Å². The average Bonchev–Trinajstić information content (AvgIpc) is 2.46. The number of carbonyl (C=O) groups is 1. The lowest BCUT2D eigenvalue weighted by Gasteiger charge is -2.25. The van der Waals surface area contributed by atoms with Gasteiger partial charge in [-0.05, 0) is 44.3 Å². The third-order valence-electron chi connectivity index (χ3n) is 3.34. The van der Waals surface area contributed by atoms with Crippen molar-refractivity contribution in [2.24, 2.45) is 0 Å². The van der Waals surface area contributed by atoms with Gasteiger partial charge in [0, 0.05) is 30.3 Å². The molecule has 1 N–H and O–H groups in total. The van der Waals surface area contributed by atoms with E-state index in [9.17, 15) is 4.79 Å². The zero-order chi connectivity index (χ0) is 15.0. The van der Waals surface area contributed by atoms with Gasteiger partial charge >= 0.3 is 6.03 Å². The molecule has 0 aliphatic heterocycles. The van der Waals surface area contributed by atoms with E-state index in [4.69, 9.17) is 11.6 Å². The summed E-state index contributed by atoms with van der Waals surface area (Å²) in [5, 5.41) is 3.55. The molecular formula is C15H24ClN3O. The first kappa shape index (κ1) is 16.8. The summed E-state index contributed by atoms with van der Waals surface area (Å²) in [6.45, 7) is 10.6. The zero-order valence-electron chi connectivity index (χ0n) is 12.5. The molecule has 4 nitrogen and oxygen atoms in total. The number of rotatable bonds is 7. The Morgan fingerprint density at radius 3 is 2.15 bits per heavy atom. The first-order valence-electron chi connectivity index (χ1n) is 7.14. The van der Waals surface area contributed by atoms with Crippen molar-refractivity contribution in [2.45, 2.75) is 20.8 Å². The summed E-state index contributed by atoms with van der Waals surface area (Å²) in [5.41, 5.74) is 0.765. The van der Waals surface area contributed by atoms with Gasteiger partial charge < -0.3 is 15.1 Å². The Morgan fingerprint density at radius 2 is 1.65 bits per heavy atom. The maximum absolute atomic E-state index is 12.2. The van der Waals surface area contributed by atoms with Gasteiger partial charge in [-0.25, -0.2) is 4.79 Å². The first-order chi connectivity index (χ1) is 9.60. The normalized spacial score (nSPS) is 10.7. The van der Waals surface area contributed by atoms with Gasteiger partial charge in [-0.1, -0.05) is 25.4 Å². The molecule has 0 aromatic heterocycles. The van der Waals surface area contributed by atoms with Gasteiger partial charge in [-0.15, -0.1) is 0 Å². The van der Waals surface area contributed by atoms with Crippen molar-refractivity contribution in [1.29, 1.82) is 0 Å². The fourth-order valence-electron chi connectivity index (χ4n) is 1.94. The highest BCUT2D eigenvalue weighted by molar-refractivity contribution is 6.30. The highest BCUT2D eigenvalue weighted by Crippen LogP contribution is 2.13. The molecule has 0 saturated carbocycles. The lowest BCUT2D eigenvalue weighted by molar-refractivity contribution is 0.200. The molecule has 0 heterocycles. The van der Waals surface area contributed by atoms with Gasteiger partial charge in [0.1, 0.15) is 0 Å². The van der Waals surface area contributed by atoms with Gasteiger partial charge in [0.15, 0.2) is 0 Å². The standard InChI is InChI=1S/C15H24ClN3O/c1-4-18(5-2)11-12-19(6-3)15(20)17-14-9-7-13(16)8-10-14/h7-10H,4-6,11-12H2,1-3H3,(H,17,20). The third-order valence-corrected chi connectivity index (χ3v) is 3.60. The highest BCUT2D eigenvalue weighted by Gasteiger charge is 2.12. The minimum Gasteiger partial charge on any atom is -0.324 e.